The summed E-state index contributed by atoms with van der Waals surface area (Å²) in [6, 6.07) is 3.73. The first-order valence-electron chi connectivity index (χ1n) is 7.33. The maximum Gasteiger partial charge on any atom is 0.273 e. The van der Waals surface area contributed by atoms with Crippen molar-refractivity contribution in [1.82, 2.24) is 4.72 Å². The van der Waals surface area contributed by atoms with Gasteiger partial charge in [-0.1, -0.05) is 18.9 Å². The van der Waals surface area contributed by atoms with Crippen molar-refractivity contribution >= 4 is 15.7 Å². The minimum atomic E-state index is -3.83. The van der Waals surface area contributed by atoms with Crippen LogP contribution < -0.4 is 10.5 Å². The first-order valence-corrected chi connectivity index (χ1v) is 8.81. The van der Waals surface area contributed by atoms with Crippen molar-refractivity contribution in [3.8, 4) is 0 Å². The lowest BCUT2D eigenvalue weighted by Gasteiger charge is -2.23. The minimum Gasteiger partial charge on any atom is -0.329 e. The van der Waals surface area contributed by atoms with Crippen LogP contribution in [0.2, 0.25) is 0 Å². The van der Waals surface area contributed by atoms with Gasteiger partial charge in [-0.05, 0) is 31.7 Å². The number of nitrogens with one attached hydrogen (secondary N) is 1. The molecule has 1 aliphatic rings. The molecule has 7 nitrogen and oxygen atoms in total. The second-order valence-corrected chi connectivity index (χ2v) is 7.35. The molecule has 0 spiro atoms. The number of benzene rings is 1. The van der Waals surface area contributed by atoms with Crippen molar-refractivity contribution in [2.75, 3.05) is 6.54 Å². The van der Waals surface area contributed by atoms with Gasteiger partial charge >= 0.3 is 0 Å². The maximum atomic E-state index is 12.6. The van der Waals surface area contributed by atoms with Gasteiger partial charge in [0.15, 0.2) is 0 Å². The van der Waals surface area contributed by atoms with Crippen molar-refractivity contribution in [3.05, 3.63) is 33.9 Å². The molecule has 8 heteroatoms. The van der Waals surface area contributed by atoms with Crippen molar-refractivity contribution in [3.63, 3.8) is 0 Å². The monoisotopic (exact) mass is 327 g/mol. The Labute approximate surface area is 130 Å². The Hall–Kier alpha value is -1.51. The summed E-state index contributed by atoms with van der Waals surface area (Å²) in [7, 11) is -3.83. The van der Waals surface area contributed by atoms with Crippen LogP contribution >= 0.6 is 0 Å². The zero-order valence-corrected chi connectivity index (χ0v) is 13.3. The predicted octanol–water partition coefficient (Wildman–Crippen LogP) is 1.70. The second-order valence-electron chi connectivity index (χ2n) is 5.67. The SMILES string of the molecule is Cc1c([N+](=O)[O-])cccc1S(=O)(=O)NC(CN)C1CCCC1. The third kappa shape index (κ3) is 3.45. The largest absolute Gasteiger partial charge is 0.329 e. The maximum absolute atomic E-state index is 12.6. The van der Waals surface area contributed by atoms with Gasteiger partial charge in [0.2, 0.25) is 10.0 Å². The van der Waals surface area contributed by atoms with Crippen LogP contribution in [-0.2, 0) is 10.0 Å². The molecular formula is C14H21N3O4S. The van der Waals surface area contributed by atoms with Gasteiger partial charge < -0.3 is 5.73 Å². The van der Waals surface area contributed by atoms with Gasteiger partial charge in [-0.3, -0.25) is 10.1 Å². The van der Waals surface area contributed by atoms with E-state index in [2.05, 4.69) is 4.72 Å². The fourth-order valence-corrected chi connectivity index (χ4v) is 4.63. The Bertz CT molecular complexity index is 654. The number of hydrogen-bond acceptors (Lipinski definition) is 5. The molecule has 0 aliphatic heterocycles. The number of sulfonamides is 1. The summed E-state index contributed by atoms with van der Waals surface area (Å²) in [6.07, 6.45) is 4.08. The normalized spacial score (nSPS) is 17.5. The fraction of sp³-hybridized carbons (Fsp3) is 0.571. The Morgan fingerprint density at radius 3 is 2.59 bits per heavy atom. The number of nitro benzene ring substituents is 1. The van der Waals surface area contributed by atoms with E-state index in [1.807, 2.05) is 0 Å². The highest BCUT2D eigenvalue weighted by Gasteiger charge is 2.30. The smallest absolute Gasteiger partial charge is 0.273 e. The van der Waals surface area contributed by atoms with E-state index in [0.717, 1.165) is 25.7 Å². The summed E-state index contributed by atoms with van der Waals surface area (Å²) in [5, 5.41) is 11.0. The number of nitrogens with zero attached hydrogens (tertiary/aromatic N) is 1. The zero-order valence-electron chi connectivity index (χ0n) is 12.5. The molecule has 1 fully saturated rings. The van der Waals surface area contributed by atoms with Crippen molar-refractivity contribution in [2.24, 2.45) is 11.7 Å². The molecule has 1 aromatic carbocycles. The molecule has 1 unspecified atom stereocenters. The van der Waals surface area contributed by atoms with Crippen LogP contribution in [0.3, 0.4) is 0 Å². The minimum absolute atomic E-state index is 0.0573. The number of nitrogens with two attached hydrogens (primary N) is 1. The van der Waals surface area contributed by atoms with Crippen LogP contribution in [0, 0.1) is 23.0 Å². The first kappa shape index (κ1) is 16.9. The molecular weight excluding hydrogens is 306 g/mol. The van der Waals surface area contributed by atoms with Crippen LogP contribution in [-0.4, -0.2) is 25.9 Å². The van der Waals surface area contributed by atoms with E-state index < -0.39 is 14.9 Å². The van der Waals surface area contributed by atoms with E-state index in [9.17, 15) is 18.5 Å². The van der Waals surface area contributed by atoms with E-state index in [0.29, 0.717) is 0 Å². The summed E-state index contributed by atoms with van der Waals surface area (Å²) in [5.74, 6) is 0.235. The molecule has 0 saturated heterocycles. The molecule has 0 heterocycles. The highest BCUT2D eigenvalue weighted by atomic mass is 32.2. The molecule has 0 radical (unpaired) electrons. The molecule has 1 saturated carbocycles. The molecule has 1 aliphatic carbocycles. The molecule has 0 aromatic heterocycles. The lowest BCUT2D eigenvalue weighted by Crippen LogP contribution is -2.44. The van der Waals surface area contributed by atoms with Gasteiger partial charge in [-0.25, -0.2) is 13.1 Å². The quantitative estimate of drug-likeness (QED) is 0.609. The molecule has 3 N–H and O–H groups in total. The highest BCUT2D eigenvalue weighted by Crippen LogP contribution is 2.29. The van der Waals surface area contributed by atoms with Gasteiger partial charge in [0.25, 0.3) is 5.69 Å². The Kier molecular flexibility index (Phi) is 5.15. The van der Waals surface area contributed by atoms with Gasteiger partial charge in [-0.15, -0.1) is 0 Å². The lowest BCUT2D eigenvalue weighted by molar-refractivity contribution is -0.385. The lowest BCUT2D eigenvalue weighted by atomic mass is 9.99. The second kappa shape index (κ2) is 6.72. The third-order valence-corrected chi connectivity index (χ3v) is 5.91. The molecule has 0 bridgehead atoms. The molecule has 1 aromatic rings. The Morgan fingerprint density at radius 1 is 1.41 bits per heavy atom. The first-order chi connectivity index (χ1) is 10.4. The van der Waals surface area contributed by atoms with E-state index in [1.54, 1.807) is 0 Å². The van der Waals surface area contributed by atoms with Crippen LogP contribution in [0.4, 0.5) is 5.69 Å². The van der Waals surface area contributed by atoms with Crippen LogP contribution in [0.1, 0.15) is 31.2 Å². The molecule has 0 amide bonds. The third-order valence-electron chi connectivity index (χ3n) is 4.27. The predicted molar refractivity (Wildman–Crippen MR) is 83.0 cm³/mol. The standard InChI is InChI=1S/C14H21N3O4S/c1-10-13(17(18)19)7-4-8-14(10)22(20,21)16-12(9-15)11-5-2-3-6-11/h4,7-8,11-12,16H,2-3,5-6,9,15H2,1H3. The average molecular weight is 327 g/mol. The van der Waals surface area contributed by atoms with Crippen LogP contribution in [0.15, 0.2) is 23.1 Å². The van der Waals surface area contributed by atoms with Crippen molar-refractivity contribution in [1.29, 1.82) is 0 Å². The average Bonchev–Trinajstić information content (AvgIpc) is 2.98. The van der Waals surface area contributed by atoms with Crippen molar-refractivity contribution < 1.29 is 13.3 Å². The number of nitro groups is 1. The van der Waals surface area contributed by atoms with Crippen LogP contribution in [0.5, 0.6) is 0 Å². The molecule has 22 heavy (non-hydrogen) atoms. The zero-order chi connectivity index (χ0) is 16.3. The highest BCUT2D eigenvalue weighted by molar-refractivity contribution is 7.89. The summed E-state index contributed by atoms with van der Waals surface area (Å²) in [5.41, 5.74) is 5.66. The van der Waals surface area contributed by atoms with E-state index in [-0.39, 0.29) is 34.7 Å². The summed E-state index contributed by atoms with van der Waals surface area (Å²) < 4.78 is 27.8. The fourth-order valence-electron chi connectivity index (χ4n) is 3.05. The topological polar surface area (TPSA) is 115 Å². The van der Waals surface area contributed by atoms with E-state index in [4.69, 9.17) is 5.73 Å². The number of rotatable bonds is 6. The van der Waals surface area contributed by atoms with E-state index >= 15 is 0 Å². The summed E-state index contributed by atoms with van der Waals surface area (Å²) in [6.45, 7) is 1.66. The van der Waals surface area contributed by atoms with Crippen LogP contribution in [0.25, 0.3) is 0 Å². The van der Waals surface area contributed by atoms with Gasteiger partial charge in [0, 0.05) is 24.2 Å². The van der Waals surface area contributed by atoms with Gasteiger partial charge in [-0.2, -0.15) is 0 Å². The Balaban J connectivity index is 2.30. The molecule has 2 rings (SSSR count). The summed E-state index contributed by atoms with van der Waals surface area (Å²) >= 11 is 0. The van der Waals surface area contributed by atoms with Crippen molar-refractivity contribution in [2.45, 2.75) is 43.5 Å². The molecule has 122 valence electrons. The van der Waals surface area contributed by atoms with Gasteiger partial charge in [0.05, 0.1) is 9.82 Å². The Morgan fingerprint density at radius 2 is 2.05 bits per heavy atom. The van der Waals surface area contributed by atoms with E-state index in [1.165, 1.54) is 25.1 Å². The number of hydrogen-bond donors (Lipinski definition) is 2. The molecule has 1 atom stereocenters. The van der Waals surface area contributed by atoms with Gasteiger partial charge in [0.1, 0.15) is 0 Å². The summed E-state index contributed by atoms with van der Waals surface area (Å²) in [4.78, 5) is 10.3.